The van der Waals surface area contributed by atoms with E-state index < -0.39 is 0 Å². The number of hydrogen-bond acceptors (Lipinski definition) is 4. The average molecular weight is 261 g/mol. The van der Waals surface area contributed by atoms with Gasteiger partial charge in [0.1, 0.15) is 11.5 Å². The molecule has 1 heterocycles. The van der Waals surface area contributed by atoms with Crippen LogP contribution < -0.4 is 9.64 Å². The van der Waals surface area contributed by atoms with Crippen molar-refractivity contribution in [2.75, 3.05) is 44.2 Å². The second-order valence-electron chi connectivity index (χ2n) is 4.70. The van der Waals surface area contributed by atoms with Gasteiger partial charge in [0.2, 0.25) is 0 Å². The number of para-hydroxylation sites is 2. The summed E-state index contributed by atoms with van der Waals surface area (Å²) in [5.74, 6) is 0.926. The summed E-state index contributed by atoms with van der Waals surface area (Å²) in [7, 11) is 0. The molecule has 1 fully saturated rings. The van der Waals surface area contributed by atoms with Crippen molar-refractivity contribution < 1.29 is 9.53 Å². The number of hydrogen-bond donors (Lipinski definition) is 0. The number of rotatable bonds is 5. The maximum atomic E-state index is 11.0. The highest BCUT2D eigenvalue weighted by atomic mass is 16.5. The monoisotopic (exact) mass is 261 g/mol. The Kier molecular flexibility index (Phi) is 4.80. The Morgan fingerprint density at radius 2 is 1.95 bits per heavy atom. The van der Waals surface area contributed by atoms with Crippen LogP contribution in [0.1, 0.15) is 6.92 Å². The number of benzene rings is 1. The summed E-state index contributed by atoms with van der Waals surface area (Å²) in [5.41, 5.74) is 1.14. The fraction of sp³-hybridized carbons (Fsp3) is 0.467. The predicted octanol–water partition coefficient (Wildman–Crippen LogP) is 1.61. The normalized spacial score (nSPS) is 16.4. The molecule has 1 aliphatic rings. The summed E-state index contributed by atoms with van der Waals surface area (Å²) in [5, 5.41) is 0. The molecule has 1 aliphatic heterocycles. The Hall–Kier alpha value is -1.55. The highest BCUT2D eigenvalue weighted by Crippen LogP contribution is 2.28. The van der Waals surface area contributed by atoms with Crippen molar-refractivity contribution in [1.82, 2.24) is 4.90 Å². The largest absolute Gasteiger partial charge is 0.492 e. The van der Waals surface area contributed by atoms with E-state index in [1.807, 2.05) is 25.1 Å². The average Bonchev–Trinajstić information content (AvgIpc) is 2.40. The Bertz CT molecular complexity index is 426. The first-order valence-corrected chi connectivity index (χ1v) is 6.74. The number of nitrogens with zero attached hydrogens (tertiary/aromatic N) is 2. The van der Waals surface area contributed by atoms with E-state index in [1.54, 1.807) is 0 Å². The molecule has 1 aromatic rings. The molecule has 0 N–H and O–H groups in total. The lowest BCUT2D eigenvalue weighted by Gasteiger charge is -2.36. The van der Waals surface area contributed by atoms with Crippen LogP contribution >= 0.6 is 0 Å². The van der Waals surface area contributed by atoms with E-state index in [1.165, 1.54) is 0 Å². The molecule has 103 valence electrons. The molecule has 0 saturated carbocycles. The lowest BCUT2D eigenvalue weighted by atomic mass is 10.2. The maximum absolute atomic E-state index is 11.0. The number of carbonyl (C=O) groups is 1. The van der Waals surface area contributed by atoms with Crippen LogP contribution in [0.4, 0.5) is 5.69 Å². The first-order chi connectivity index (χ1) is 9.20. The molecule has 1 saturated heterocycles. The summed E-state index contributed by atoms with van der Waals surface area (Å²) in [6.07, 6.45) is 0. The maximum Gasteiger partial charge on any atom is 0.147 e. The van der Waals surface area contributed by atoms with Crippen molar-refractivity contribution in [1.29, 1.82) is 0 Å². The van der Waals surface area contributed by atoms with Gasteiger partial charge in [-0.05, 0) is 19.1 Å². The summed E-state index contributed by atoms with van der Waals surface area (Å²) < 4.78 is 5.66. The van der Waals surface area contributed by atoms with Gasteiger partial charge >= 0.3 is 0 Å². The minimum Gasteiger partial charge on any atom is -0.492 e. The number of carbonyl (C=O) groups excluding carboxylic acids is 1. The minimum absolute atomic E-state index is 0.0110. The van der Waals surface area contributed by atoms with E-state index in [0.29, 0.717) is 13.2 Å². The smallest absolute Gasteiger partial charge is 0.147 e. The van der Waals surface area contributed by atoms with E-state index in [9.17, 15) is 4.79 Å². The van der Waals surface area contributed by atoms with Crippen LogP contribution in [0, 0.1) is 6.92 Å². The van der Waals surface area contributed by atoms with Crippen LogP contribution in [0.5, 0.6) is 5.75 Å². The highest BCUT2D eigenvalue weighted by molar-refractivity contribution is 5.84. The predicted molar refractivity (Wildman–Crippen MR) is 76.6 cm³/mol. The van der Waals surface area contributed by atoms with Gasteiger partial charge in [0, 0.05) is 33.1 Å². The van der Waals surface area contributed by atoms with Gasteiger partial charge in [-0.2, -0.15) is 0 Å². The van der Waals surface area contributed by atoms with Crippen LogP contribution in [0.25, 0.3) is 0 Å². The molecule has 1 aromatic carbocycles. The van der Waals surface area contributed by atoms with Crippen molar-refractivity contribution in [3.05, 3.63) is 31.2 Å². The summed E-state index contributed by atoms with van der Waals surface area (Å²) in [6.45, 7) is 10.2. The molecule has 1 radical (unpaired) electrons. The van der Waals surface area contributed by atoms with Gasteiger partial charge in [-0.3, -0.25) is 9.69 Å². The SMILES string of the molecule is [CH2]C(=O)CN1CCN(c2ccccc2OCC)CC1. The first-order valence-electron chi connectivity index (χ1n) is 6.74. The molecule has 0 aromatic heterocycles. The number of ketones is 1. The van der Waals surface area contributed by atoms with Crippen LogP contribution in [-0.2, 0) is 4.79 Å². The van der Waals surface area contributed by atoms with Crippen LogP contribution in [-0.4, -0.2) is 50.0 Å². The first kappa shape index (κ1) is 13.9. The molecule has 0 bridgehead atoms. The second-order valence-corrected chi connectivity index (χ2v) is 4.70. The molecule has 0 atom stereocenters. The molecule has 4 heteroatoms. The molecule has 19 heavy (non-hydrogen) atoms. The summed E-state index contributed by atoms with van der Waals surface area (Å²) >= 11 is 0. The van der Waals surface area contributed by atoms with Gasteiger partial charge in [0.25, 0.3) is 0 Å². The van der Waals surface area contributed by atoms with Gasteiger partial charge in [-0.1, -0.05) is 12.1 Å². The zero-order valence-electron chi connectivity index (χ0n) is 11.5. The number of piperazine rings is 1. The van der Waals surface area contributed by atoms with E-state index in [0.717, 1.165) is 37.6 Å². The second kappa shape index (κ2) is 6.57. The molecule has 4 nitrogen and oxygen atoms in total. The van der Waals surface area contributed by atoms with Crippen molar-refractivity contribution >= 4 is 11.5 Å². The van der Waals surface area contributed by atoms with E-state index in [4.69, 9.17) is 4.74 Å². The van der Waals surface area contributed by atoms with Crippen molar-refractivity contribution in [3.63, 3.8) is 0 Å². The number of ether oxygens (including phenoxy) is 1. The fourth-order valence-corrected chi connectivity index (χ4v) is 2.39. The zero-order chi connectivity index (χ0) is 13.7. The Labute approximate surface area is 115 Å². The lowest BCUT2D eigenvalue weighted by Crippen LogP contribution is -2.47. The molecule has 0 unspecified atom stereocenters. The topological polar surface area (TPSA) is 32.8 Å². The number of anilines is 1. The fourth-order valence-electron chi connectivity index (χ4n) is 2.39. The third-order valence-electron chi connectivity index (χ3n) is 3.28. The van der Waals surface area contributed by atoms with E-state index >= 15 is 0 Å². The van der Waals surface area contributed by atoms with Gasteiger partial charge in [0.15, 0.2) is 0 Å². The van der Waals surface area contributed by atoms with Crippen LogP contribution in [0.2, 0.25) is 0 Å². The quantitative estimate of drug-likeness (QED) is 0.806. The summed E-state index contributed by atoms with van der Waals surface area (Å²) in [6, 6.07) is 8.12. The van der Waals surface area contributed by atoms with Crippen LogP contribution in [0.15, 0.2) is 24.3 Å². The molecular weight excluding hydrogens is 240 g/mol. The van der Waals surface area contributed by atoms with Crippen LogP contribution in [0.3, 0.4) is 0 Å². The molecule has 0 spiro atoms. The van der Waals surface area contributed by atoms with Gasteiger partial charge in [0.05, 0.1) is 18.8 Å². The standard InChI is InChI=1S/C15H21N2O2/c1-3-19-15-7-5-4-6-14(15)17-10-8-16(9-11-17)12-13(2)18/h4-7H,2-3,8-12H2,1H3. The van der Waals surface area contributed by atoms with E-state index in [2.05, 4.69) is 22.8 Å². The Morgan fingerprint density at radius 3 is 2.58 bits per heavy atom. The number of Topliss-reactive ketones (excluding diaryl/α,β-unsaturated/α-hetero) is 1. The van der Waals surface area contributed by atoms with Crippen molar-refractivity contribution in [2.24, 2.45) is 0 Å². The minimum atomic E-state index is -0.0110. The third-order valence-corrected chi connectivity index (χ3v) is 3.28. The molecular formula is C15H21N2O2. The van der Waals surface area contributed by atoms with Gasteiger partial charge < -0.3 is 9.64 Å². The molecule has 2 rings (SSSR count). The highest BCUT2D eigenvalue weighted by Gasteiger charge is 2.20. The van der Waals surface area contributed by atoms with Gasteiger partial charge in [-0.25, -0.2) is 0 Å². The zero-order valence-corrected chi connectivity index (χ0v) is 11.5. The Balaban J connectivity index is 1.99. The molecule has 0 aliphatic carbocycles. The lowest BCUT2D eigenvalue weighted by molar-refractivity contribution is -0.116. The summed E-state index contributed by atoms with van der Waals surface area (Å²) in [4.78, 5) is 15.5. The van der Waals surface area contributed by atoms with Crippen molar-refractivity contribution in [3.8, 4) is 5.75 Å². The van der Waals surface area contributed by atoms with E-state index in [-0.39, 0.29) is 5.78 Å². The van der Waals surface area contributed by atoms with Crippen molar-refractivity contribution in [2.45, 2.75) is 6.92 Å². The molecule has 0 amide bonds. The Morgan fingerprint density at radius 1 is 1.26 bits per heavy atom. The van der Waals surface area contributed by atoms with Gasteiger partial charge in [-0.15, -0.1) is 0 Å². The third kappa shape index (κ3) is 3.70.